The molecule has 0 radical (unpaired) electrons. The largest absolute Gasteiger partial charge is 0.481 e. The number of rotatable bonds is 6. The van der Waals surface area contributed by atoms with Crippen LogP contribution in [0.1, 0.15) is 33.1 Å². The van der Waals surface area contributed by atoms with Crippen LogP contribution in [0.15, 0.2) is 23.3 Å². The summed E-state index contributed by atoms with van der Waals surface area (Å²) < 4.78 is 0. The van der Waals surface area contributed by atoms with Crippen LogP contribution in [0.2, 0.25) is 0 Å². The molecular formula is C11H16O3. The first-order valence-electron chi connectivity index (χ1n) is 4.55. The van der Waals surface area contributed by atoms with Gasteiger partial charge in [0.2, 0.25) is 0 Å². The van der Waals surface area contributed by atoms with Crippen LogP contribution in [-0.4, -0.2) is 17.4 Å². The monoisotopic (exact) mass is 196 g/mol. The van der Waals surface area contributed by atoms with Crippen molar-refractivity contribution in [2.24, 2.45) is 0 Å². The van der Waals surface area contributed by atoms with Crippen molar-refractivity contribution in [3.05, 3.63) is 23.3 Å². The predicted molar refractivity (Wildman–Crippen MR) is 55.1 cm³/mol. The first-order valence-corrected chi connectivity index (χ1v) is 4.55. The molecule has 0 aliphatic rings. The van der Waals surface area contributed by atoms with E-state index in [2.05, 4.69) is 0 Å². The molecule has 1 N–H and O–H groups in total. The second-order valence-electron chi connectivity index (χ2n) is 3.25. The van der Waals surface area contributed by atoms with Crippen LogP contribution in [0.4, 0.5) is 0 Å². The molecule has 0 rings (SSSR count). The van der Waals surface area contributed by atoms with Crippen LogP contribution in [0.25, 0.3) is 0 Å². The van der Waals surface area contributed by atoms with Crippen molar-refractivity contribution < 1.29 is 14.7 Å². The number of carboxylic acid groups (broad SMARTS) is 1. The molecule has 0 amide bonds. The Morgan fingerprint density at radius 3 is 2.43 bits per heavy atom. The number of carbonyl (C=O) groups is 2. The molecule has 3 nitrogen and oxygen atoms in total. The Balaban J connectivity index is 3.84. The molecule has 0 atom stereocenters. The average Bonchev–Trinajstić information content (AvgIpc) is 2.14. The molecule has 0 spiro atoms. The number of aldehydes is 1. The lowest BCUT2D eigenvalue weighted by molar-refractivity contribution is -0.136. The summed E-state index contributed by atoms with van der Waals surface area (Å²) in [6.45, 7) is 3.65. The van der Waals surface area contributed by atoms with Crippen LogP contribution in [-0.2, 0) is 9.59 Å². The minimum atomic E-state index is -0.816. The normalized spacial score (nSPS) is 12.7. The van der Waals surface area contributed by atoms with Crippen LogP contribution >= 0.6 is 0 Å². The van der Waals surface area contributed by atoms with E-state index in [9.17, 15) is 9.59 Å². The van der Waals surface area contributed by atoms with Gasteiger partial charge in [-0.1, -0.05) is 17.7 Å². The van der Waals surface area contributed by atoms with Gasteiger partial charge in [-0.05, 0) is 32.3 Å². The molecular weight excluding hydrogens is 180 g/mol. The summed E-state index contributed by atoms with van der Waals surface area (Å²) in [5, 5.41) is 8.41. The Morgan fingerprint density at radius 2 is 1.93 bits per heavy atom. The van der Waals surface area contributed by atoms with Crippen molar-refractivity contribution in [1.29, 1.82) is 0 Å². The number of allylic oxidation sites excluding steroid dienone is 3. The predicted octanol–water partition coefficient (Wildman–Crippen LogP) is 2.33. The van der Waals surface area contributed by atoms with Crippen molar-refractivity contribution in [1.82, 2.24) is 0 Å². The number of carbonyl (C=O) groups excluding carboxylic acids is 1. The lowest BCUT2D eigenvalue weighted by atomic mass is 10.1. The third-order valence-corrected chi connectivity index (χ3v) is 1.82. The van der Waals surface area contributed by atoms with Gasteiger partial charge in [0, 0.05) is 0 Å². The van der Waals surface area contributed by atoms with Crippen LogP contribution < -0.4 is 0 Å². The Morgan fingerprint density at radius 1 is 1.29 bits per heavy atom. The van der Waals surface area contributed by atoms with Gasteiger partial charge in [-0.3, -0.25) is 9.59 Å². The first-order chi connectivity index (χ1) is 6.56. The number of hydrogen-bond acceptors (Lipinski definition) is 2. The number of carboxylic acids is 1. The molecule has 0 aromatic heterocycles. The zero-order valence-corrected chi connectivity index (χ0v) is 8.62. The highest BCUT2D eigenvalue weighted by molar-refractivity contribution is 5.71. The summed E-state index contributed by atoms with van der Waals surface area (Å²) in [4.78, 5) is 20.5. The van der Waals surface area contributed by atoms with Crippen molar-refractivity contribution in [2.75, 3.05) is 0 Å². The standard InChI is InChI=1S/C11H16O3/c1-9(6-7-11(13)14)4-3-5-10(2)8-12/h5-6,8H,3-4,7H2,1-2H3,(H,13,14). The molecule has 0 aromatic rings. The molecule has 0 aromatic carbocycles. The minimum Gasteiger partial charge on any atom is -0.481 e. The molecule has 0 saturated carbocycles. The van der Waals surface area contributed by atoms with Crippen LogP contribution in [0.5, 0.6) is 0 Å². The SMILES string of the molecule is CC(C=O)=CCCC(C)=CCC(=O)O. The molecule has 14 heavy (non-hydrogen) atoms. The van der Waals surface area contributed by atoms with Gasteiger partial charge >= 0.3 is 5.97 Å². The number of aliphatic carboxylic acids is 1. The molecule has 0 fully saturated rings. The highest BCUT2D eigenvalue weighted by atomic mass is 16.4. The van der Waals surface area contributed by atoms with E-state index in [1.54, 1.807) is 13.0 Å². The summed E-state index contributed by atoms with van der Waals surface area (Å²) in [6.07, 6.45) is 6.03. The van der Waals surface area contributed by atoms with Crippen LogP contribution in [0.3, 0.4) is 0 Å². The van der Waals surface area contributed by atoms with Gasteiger partial charge in [0.25, 0.3) is 0 Å². The average molecular weight is 196 g/mol. The van der Waals surface area contributed by atoms with E-state index in [1.165, 1.54) is 0 Å². The lowest BCUT2D eigenvalue weighted by Crippen LogP contribution is -1.91. The van der Waals surface area contributed by atoms with Crippen LogP contribution in [0, 0.1) is 0 Å². The molecule has 0 aliphatic carbocycles. The van der Waals surface area contributed by atoms with E-state index in [1.807, 2.05) is 13.0 Å². The van der Waals surface area contributed by atoms with Crippen molar-refractivity contribution in [2.45, 2.75) is 33.1 Å². The van der Waals surface area contributed by atoms with Gasteiger partial charge in [0.15, 0.2) is 0 Å². The van der Waals surface area contributed by atoms with Crippen molar-refractivity contribution in [3.8, 4) is 0 Å². The summed E-state index contributed by atoms with van der Waals surface area (Å²) in [5.74, 6) is -0.816. The fourth-order valence-corrected chi connectivity index (χ4v) is 0.939. The van der Waals surface area contributed by atoms with E-state index in [-0.39, 0.29) is 6.42 Å². The smallest absolute Gasteiger partial charge is 0.307 e. The van der Waals surface area contributed by atoms with E-state index in [4.69, 9.17) is 5.11 Å². The molecule has 0 unspecified atom stereocenters. The summed E-state index contributed by atoms with van der Waals surface area (Å²) in [7, 11) is 0. The third kappa shape index (κ3) is 7.28. The molecule has 78 valence electrons. The Labute approximate surface area is 84.1 Å². The van der Waals surface area contributed by atoms with Gasteiger partial charge in [0.1, 0.15) is 6.29 Å². The van der Waals surface area contributed by atoms with Gasteiger partial charge in [-0.2, -0.15) is 0 Å². The molecule has 0 aliphatic heterocycles. The van der Waals surface area contributed by atoms with E-state index in [0.29, 0.717) is 0 Å². The molecule has 0 heterocycles. The minimum absolute atomic E-state index is 0.0716. The zero-order valence-electron chi connectivity index (χ0n) is 8.62. The maximum Gasteiger partial charge on any atom is 0.307 e. The van der Waals surface area contributed by atoms with E-state index < -0.39 is 5.97 Å². The summed E-state index contributed by atoms with van der Waals surface area (Å²) in [5.41, 5.74) is 1.76. The lowest BCUT2D eigenvalue weighted by Gasteiger charge is -1.97. The second-order valence-corrected chi connectivity index (χ2v) is 3.25. The molecule has 0 bridgehead atoms. The van der Waals surface area contributed by atoms with Gasteiger partial charge in [-0.25, -0.2) is 0 Å². The quantitative estimate of drug-likeness (QED) is 0.403. The fourth-order valence-electron chi connectivity index (χ4n) is 0.939. The first kappa shape index (κ1) is 12.6. The molecule has 0 saturated heterocycles. The Hall–Kier alpha value is -1.38. The van der Waals surface area contributed by atoms with Gasteiger partial charge in [0.05, 0.1) is 6.42 Å². The number of hydrogen-bond donors (Lipinski definition) is 1. The second kappa shape index (κ2) is 7.06. The maximum absolute atomic E-state index is 10.2. The van der Waals surface area contributed by atoms with Crippen molar-refractivity contribution in [3.63, 3.8) is 0 Å². The zero-order chi connectivity index (χ0) is 11.0. The topological polar surface area (TPSA) is 54.4 Å². The molecule has 3 heteroatoms. The Bertz CT molecular complexity index is 262. The highest BCUT2D eigenvalue weighted by Crippen LogP contribution is 2.06. The van der Waals surface area contributed by atoms with Gasteiger partial charge in [-0.15, -0.1) is 0 Å². The maximum atomic E-state index is 10.2. The van der Waals surface area contributed by atoms with Gasteiger partial charge < -0.3 is 5.11 Å². The third-order valence-electron chi connectivity index (χ3n) is 1.82. The van der Waals surface area contributed by atoms with E-state index >= 15 is 0 Å². The highest BCUT2D eigenvalue weighted by Gasteiger charge is 1.93. The van der Waals surface area contributed by atoms with Crippen molar-refractivity contribution >= 4 is 12.3 Å². The fraction of sp³-hybridized carbons (Fsp3) is 0.455. The Kier molecular flexibility index (Phi) is 6.37. The summed E-state index contributed by atoms with van der Waals surface area (Å²) >= 11 is 0. The van der Waals surface area contributed by atoms with E-state index in [0.717, 1.165) is 30.3 Å². The summed E-state index contributed by atoms with van der Waals surface area (Å²) in [6, 6.07) is 0.